The summed E-state index contributed by atoms with van der Waals surface area (Å²) in [4.78, 5) is 10.5. The third kappa shape index (κ3) is 2.81. The van der Waals surface area contributed by atoms with Gasteiger partial charge in [0.1, 0.15) is 0 Å². The van der Waals surface area contributed by atoms with Gasteiger partial charge in [0.2, 0.25) is 0 Å². The molecule has 0 amide bonds. The molecule has 17 heavy (non-hydrogen) atoms. The van der Waals surface area contributed by atoms with Crippen LogP contribution in [0.25, 0.3) is 0 Å². The lowest BCUT2D eigenvalue weighted by molar-refractivity contribution is 0.281. The van der Waals surface area contributed by atoms with Crippen LogP contribution in [0.15, 0.2) is 23.2 Å². The summed E-state index contributed by atoms with van der Waals surface area (Å²) in [6.45, 7) is 2.69. The summed E-state index contributed by atoms with van der Waals surface area (Å²) in [6, 6.07) is 1.98. The number of hydrogen-bond donors (Lipinski definition) is 1. The molecule has 0 saturated heterocycles. The molecule has 90 valence electrons. The van der Waals surface area contributed by atoms with Crippen molar-refractivity contribution in [2.24, 2.45) is 0 Å². The van der Waals surface area contributed by atoms with Crippen molar-refractivity contribution < 1.29 is 5.11 Å². The van der Waals surface area contributed by atoms with Crippen LogP contribution in [0, 0.1) is 6.92 Å². The second kappa shape index (κ2) is 5.25. The lowest BCUT2D eigenvalue weighted by Gasteiger charge is -2.21. The van der Waals surface area contributed by atoms with E-state index in [1.807, 2.05) is 30.9 Å². The van der Waals surface area contributed by atoms with E-state index in [4.69, 9.17) is 0 Å². The largest absolute Gasteiger partial charge is 0.392 e. The quantitative estimate of drug-likeness (QED) is 0.900. The van der Waals surface area contributed by atoms with Crippen molar-refractivity contribution >= 4 is 17.0 Å². The van der Waals surface area contributed by atoms with Gasteiger partial charge in [-0.05, 0) is 13.0 Å². The van der Waals surface area contributed by atoms with E-state index in [0.717, 1.165) is 29.2 Å². The van der Waals surface area contributed by atoms with Crippen molar-refractivity contribution in [1.82, 2.24) is 9.97 Å². The number of aromatic nitrogens is 2. The van der Waals surface area contributed by atoms with Crippen LogP contribution < -0.4 is 4.90 Å². The number of aliphatic hydroxyl groups is 1. The zero-order valence-electron chi connectivity index (χ0n) is 9.92. The first-order valence-corrected chi connectivity index (χ1v) is 6.29. The third-order valence-corrected chi connectivity index (χ3v) is 3.20. The molecule has 2 rings (SSSR count). The van der Waals surface area contributed by atoms with Gasteiger partial charge in [-0.3, -0.25) is 4.98 Å². The molecule has 1 N–H and O–H groups in total. The molecule has 2 heterocycles. The highest BCUT2D eigenvalue weighted by molar-refractivity contribution is 7.07. The molecular formula is C12H15N3OS. The first kappa shape index (κ1) is 12.0. The first-order chi connectivity index (χ1) is 8.20. The van der Waals surface area contributed by atoms with E-state index in [0.29, 0.717) is 0 Å². The van der Waals surface area contributed by atoms with Crippen molar-refractivity contribution in [2.75, 3.05) is 11.9 Å². The van der Waals surface area contributed by atoms with Crippen LogP contribution in [0.1, 0.15) is 17.0 Å². The van der Waals surface area contributed by atoms with Gasteiger partial charge in [0.15, 0.2) is 0 Å². The number of nitrogens with zero attached hydrogens (tertiary/aromatic N) is 3. The zero-order valence-corrected chi connectivity index (χ0v) is 10.7. The van der Waals surface area contributed by atoms with E-state index in [1.54, 1.807) is 17.5 Å². The predicted octanol–water partition coefficient (Wildman–Crippen LogP) is 1.98. The van der Waals surface area contributed by atoms with Crippen LogP contribution in [0.2, 0.25) is 0 Å². The van der Waals surface area contributed by atoms with Gasteiger partial charge in [-0.15, -0.1) is 11.3 Å². The fourth-order valence-electron chi connectivity index (χ4n) is 1.69. The monoisotopic (exact) mass is 249 g/mol. The van der Waals surface area contributed by atoms with Gasteiger partial charge in [-0.1, -0.05) is 0 Å². The smallest absolute Gasteiger partial charge is 0.0795 e. The summed E-state index contributed by atoms with van der Waals surface area (Å²) in [7, 11) is 1.99. The molecular weight excluding hydrogens is 234 g/mol. The molecule has 4 nitrogen and oxygen atoms in total. The van der Waals surface area contributed by atoms with E-state index in [9.17, 15) is 5.11 Å². The Morgan fingerprint density at radius 1 is 1.41 bits per heavy atom. The molecule has 0 aromatic carbocycles. The fourth-order valence-corrected chi connectivity index (χ4v) is 2.24. The highest BCUT2D eigenvalue weighted by Crippen LogP contribution is 2.21. The van der Waals surface area contributed by atoms with Gasteiger partial charge in [0, 0.05) is 35.6 Å². The fraction of sp³-hybridized carbons (Fsp3) is 0.333. The molecule has 0 aliphatic heterocycles. The third-order valence-electron chi connectivity index (χ3n) is 2.56. The molecule has 0 bridgehead atoms. The Labute approximate surface area is 105 Å². The molecule has 0 unspecified atom stereocenters. The van der Waals surface area contributed by atoms with Gasteiger partial charge in [0.05, 0.1) is 24.4 Å². The van der Waals surface area contributed by atoms with E-state index in [-0.39, 0.29) is 6.61 Å². The number of aliphatic hydroxyl groups excluding tert-OH is 1. The molecule has 0 aliphatic carbocycles. The van der Waals surface area contributed by atoms with Crippen molar-refractivity contribution in [3.05, 3.63) is 40.1 Å². The van der Waals surface area contributed by atoms with Gasteiger partial charge < -0.3 is 10.0 Å². The molecule has 0 saturated carbocycles. The van der Waals surface area contributed by atoms with Gasteiger partial charge in [-0.25, -0.2) is 4.98 Å². The number of pyridine rings is 1. The number of hydrogen-bond acceptors (Lipinski definition) is 5. The maximum Gasteiger partial charge on any atom is 0.0795 e. The van der Waals surface area contributed by atoms with E-state index >= 15 is 0 Å². The van der Waals surface area contributed by atoms with Crippen LogP contribution in [0.3, 0.4) is 0 Å². The summed E-state index contributed by atoms with van der Waals surface area (Å²) in [5, 5.41) is 11.3. The van der Waals surface area contributed by atoms with Crippen molar-refractivity contribution in [1.29, 1.82) is 0 Å². The lowest BCUT2D eigenvalue weighted by Crippen LogP contribution is -2.18. The highest BCUT2D eigenvalue weighted by Gasteiger charge is 2.09. The molecule has 2 aromatic heterocycles. The molecule has 0 fully saturated rings. The normalized spacial score (nSPS) is 10.5. The predicted molar refractivity (Wildman–Crippen MR) is 69.1 cm³/mol. The first-order valence-electron chi connectivity index (χ1n) is 5.35. The molecule has 0 radical (unpaired) electrons. The summed E-state index contributed by atoms with van der Waals surface area (Å²) in [6.07, 6.45) is 1.72. The van der Waals surface area contributed by atoms with E-state index < -0.39 is 0 Å². The molecule has 5 heteroatoms. The van der Waals surface area contributed by atoms with E-state index in [1.165, 1.54) is 0 Å². The SMILES string of the molecule is Cc1cc(N(C)Cc2cscn2)c(CO)cn1. The minimum absolute atomic E-state index is 0.00399. The summed E-state index contributed by atoms with van der Waals surface area (Å²) in [5.41, 5.74) is 5.66. The van der Waals surface area contributed by atoms with Crippen LogP contribution >= 0.6 is 11.3 Å². The Morgan fingerprint density at radius 3 is 2.88 bits per heavy atom. The topological polar surface area (TPSA) is 49.2 Å². The Balaban J connectivity index is 2.23. The minimum atomic E-state index is 0.00399. The Bertz CT molecular complexity index is 485. The van der Waals surface area contributed by atoms with Crippen molar-refractivity contribution in [3.63, 3.8) is 0 Å². The summed E-state index contributed by atoms with van der Waals surface area (Å²) < 4.78 is 0. The van der Waals surface area contributed by atoms with Crippen LogP contribution in [0.4, 0.5) is 5.69 Å². The number of aryl methyl sites for hydroxylation is 1. The summed E-state index contributed by atoms with van der Waals surface area (Å²) in [5.74, 6) is 0. The molecule has 2 aromatic rings. The minimum Gasteiger partial charge on any atom is -0.392 e. The maximum absolute atomic E-state index is 9.30. The lowest BCUT2D eigenvalue weighted by atomic mass is 10.2. The Hall–Kier alpha value is -1.46. The van der Waals surface area contributed by atoms with Gasteiger partial charge in [-0.2, -0.15) is 0 Å². The van der Waals surface area contributed by atoms with Crippen molar-refractivity contribution in [3.8, 4) is 0 Å². The molecule has 0 atom stereocenters. The zero-order chi connectivity index (χ0) is 12.3. The van der Waals surface area contributed by atoms with Crippen LogP contribution in [-0.4, -0.2) is 22.1 Å². The van der Waals surface area contributed by atoms with Gasteiger partial charge >= 0.3 is 0 Å². The van der Waals surface area contributed by atoms with Crippen molar-refractivity contribution in [2.45, 2.75) is 20.1 Å². The second-order valence-electron chi connectivity index (χ2n) is 3.95. The Morgan fingerprint density at radius 2 is 2.24 bits per heavy atom. The average molecular weight is 249 g/mol. The molecule has 0 spiro atoms. The average Bonchev–Trinajstić information content (AvgIpc) is 2.81. The number of rotatable bonds is 4. The molecule has 0 aliphatic rings. The van der Waals surface area contributed by atoms with Gasteiger partial charge in [0.25, 0.3) is 0 Å². The second-order valence-corrected chi connectivity index (χ2v) is 4.67. The Kier molecular flexibility index (Phi) is 3.71. The standard InChI is InChI=1S/C12H15N3OS/c1-9-3-12(10(6-16)4-13-9)15(2)5-11-7-17-8-14-11/h3-4,7-8,16H,5-6H2,1-2H3. The summed E-state index contributed by atoms with van der Waals surface area (Å²) >= 11 is 1.59. The highest BCUT2D eigenvalue weighted by atomic mass is 32.1. The maximum atomic E-state index is 9.30. The van der Waals surface area contributed by atoms with Crippen LogP contribution in [0.5, 0.6) is 0 Å². The number of thiazole rings is 1. The number of anilines is 1. The van der Waals surface area contributed by atoms with Crippen LogP contribution in [-0.2, 0) is 13.2 Å². The van der Waals surface area contributed by atoms with E-state index in [2.05, 4.69) is 14.9 Å².